The van der Waals surface area contributed by atoms with Gasteiger partial charge in [0.05, 0.1) is 5.69 Å². The average Bonchev–Trinajstić information content (AvgIpc) is 2.30. The maximum atomic E-state index is 11.7. The Hall–Kier alpha value is -1.33. The molecule has 0 radical (unpaired) electrons. The molecule has 2 aromatic rings. The van der Waals surface area contributed by atoms with Gasteiger partial charge in [0.25, 0.3) is 5.56 Å². The summed E-state index contributed by atoms with van der Waals surface area (Å²) in [5.74, 6) is 1.62. The third-order valence-electron chi connectivity index (χ3n) is 2.14. The zero-order valence-electron chi connectivity index (χ0n) is 8.80. The Morgan fingerprint density at radius 2 is 2.31 bits per heavy atom. The molecular formula is C11H13N3OS. The molecule has 2 N–H and O–H groups in total. The number of pyridine rings is 1. The predicted octanol–water partition coefficient (Wildman–Crippen LogP) is 0.886. The highest BCUT2D eigenvalue weighted by atomic mass is 32.2. The van der Waals surface area contributed by atoms with Gasteiger partial charge in [-0.05, 0) is 12.1 Å². The summed E-state index contributed by atoms with van der Waals surface area (Å²) in [5, 5.41) is 0. The van der Waals surface area contributed by atoms with E-state index in [2.05, 4.69) is 4.98 Å². The Kier molecular flexibility index (Phi) is 3.58. The average molecular weight is 235 g/mol. The fourth-order valence-electron chi connectivity index (χ4n) is 1.44. The quantitative estimate of drug-likeness (QED) is 0.799. The van der Waals surface area contributed by atoms with Crippen LogP contribution in [0, 0.1) is 0 Å². The largest absolute Gasteiger partial charge is 0.330 e. The molecule has 0 fully saturated rings. The maximum absolute atomic E-state index is 11.7. The van der Waals surface area contributed by atoms with E-state index >= 15 is 0 Å². The minimum atomic E-state index is -0.0334. The number of nitrogens with zero attached hydrogens (tertiary/aromatic N) is 2. The van der Waals surface area contributed by atoms with Crippen molar-refractivity contribution >= 4 is 17.4 Å². The summed E-state index contributed by atoms with van der Waals surface area (Å²) >= 11 is 1.69. The van der Waals surface area contributed by atoms with Gasteiger partial charge in [-0.1, -0.05) is 6.07 Å². The van der Waals surface area contributed by atoms with Crippen molar-refractivity contribution in [1.82, 2.24) is 9.38 Å². The molecule has 2 aromatic heterocycles. The van der Waals surface area contributed by atoms with Crippen LogP contribution >= 0.6 is 11.8 Å². The molecule has 4 nitrogen and oxygen atoms in total. The minimum Gasteiger partial charge on any atom is -0.330 e. The zero-order chi connectivity index (χ0) is 11.4. The van der Waals surface area contributed by atoms with Gasteiger partial charge in [-0.15, -0.1) is 0 Å². The van der Waals surface area contributed by atoms with E-state index in [0.717, 1.165) is 17.2 Å². The molecule has 0 saturated heterocycles. The van der Waals surface area contributed by atoms with Crippen LogP contribution in [0.3, 0.4) is 0 Å². The van der Waals surface area contributed by atoms with Gasteiger partial charge in [0.1, 0.15) is 5.65 Å². The van der Waals surface area contributed by atoms with Crippen molar-refractivity contribution < 1.29 is 0 Å². The van der Waals surface area contributed by atoms with Crippen LogP contribution in [-0.2, 0) is 5.75 Å². The Morgan fingerprint density at radius 3 is 3.12 bits per heavy atom. The number of hydrogen-bond donors (Lipinski definition) is 1. The first-order valence-electron chi connectivity index (χ1n) is 5.06. The number of thioether (sulfide) groups is 1. The second-order valence-electron chi connectivity index (χ2n) is 3.36. The van der Waals surface area contributed by atoms with Crippen molar-refractivity contribution in [3.05, 3.63) is 46.5 Å². The summed E-state index contributed by atoms with van der Waals surface area (Å²) in [6.07, 6.45) is 1.72. The molecule has 0 bridgehead atoms. The first-order chi connectivity index (χ1) is 7.81. The van der Waals surface area contributed by atoms with Crippen LogP contribution in [0.5, 0.6) is 0 Å². The van der Waals surface area contributed by atoms with E-state index in [1.165, 1.54) is 4.40 Å². The topological polar surface area (TPSA) is 60.4 Å². The lowest BCUT2D eigenvalue weighted by Crippen LogP contribution is -2.14. The molecule has 0 atom stereocenters. The van der Waals surface area contributed by atoms with Gasteiger partial charge in [-0.25, -0.2) is 4.98 Å². The lowest BCUT2D eigenvalue weighted by atomic mass is 10.4. The first-order valence-corrected chi connectivity index (χ1v) is 6.22. The van der Waals surface area contributed by atoms with Gasteiger partial charge in [0, 0.05) is 30.3 Å². The molecule has 0 saturated carbocycles. The van der Waals surface area contributed by atoms with Crippen LogP contribution in [0.15, 0.2) is 35.3 Å². The second-order valence-corrected chi connectivity index (χ2v) is 4.46. The SMILES string of the molecule is NCCSCc1cc(=O)n2ccccc2n1. The van der Waals surface area contributed by atoms with Crippen LogP contribution in [0.25, 0.3) is 5.65 Å². The smallest absolute Gasteiger partial charge is 0.258 e. The Balaban J connectivity index is 2.31. The van der Waals surface area contributed by atoms with Gasteiger partial charge in [0.2, 0.25) is 0 Å². The molecule has 0 aliphatic rings. The van der Waals surface area contributed by atoms with Crippen molar-refractivity contribution in [2.45, 2.75) is 5.75 Å². The van der Waals surface area contributed by atoms with E-state index in [0.29, 0.717) is 12.2 Å². The summed E-state index contributed by atoms with van der Waals surface area (Å²) in [6, 6.07) is 7.10. The van der Waals surface area contributed by atoms with Crippen LogP contribution in [0.2, 0.25) is 0 Å². The van der Waals surface area contributed by atoms with Gasteiger partial charge < -0.3 is 5.73 Å². The van der Waals surface area contributed by atoms with Gasteiger partial charge >= 0.3 is 0 Å². The number of fused-ring (bicyclic) bond motifs is 1. The summed E-state index contributed by atoms with van der Waals surface area (Å²) < 4.78 is 1.54. The van der Waals surface area contributed by atoms with Crippen LogP contribution in [0.4, 0.5) is 0 Å². The molecule has 0 aliphatic heterocycles. The van der Waals surface area contributed by atoms with E-state index in [4.69, 9.17) is 5.73 Å². The van der Waals surface area contributed by atoms with Crippen molar-refractivity contribution in [2.75, 3.05) is 12.3 Å². The van der Waals surface area contributed by atoms with E-state index in [-0.39, 0.29) is 5.56 Å². The van der Waals surface area contributed by atoms with Crippen molar-refractivity contribution in [3.8, 4) is 0 Å². The fraction of sp³-hybridized carbons (Fsp3) is 0.273. The summed E-state index contributed by atoms with van der Waals surface area (Å²) in [4.78, 5) is 16.1. The van der Waals surface area contributed by atoms with Gasteiger partial charge in [-0.3, -0.25) is 9.20 Å². The normalized spacial score (nSPS) is 10.8. The maximum Gasteiger partial charge on any atom is 0.258 e. The number of hydrogen-bond acceptors (Lipinski definition) is 4. The van der Waals surface area contributed by atoms with Crippen LogP contribution in [0.1, 0.15) is 5.69 Å². The Labute approximate surface area is 97.5 Å². The molecule has 0 aliphatic carbocycles. The fourth-order valence-corrected chi connectivity index (χ4v) is 2.11. The summed E-state index contributed by atoms with van der Waals surface area (Å²) in [6.45, 7) is 0.650. The van der Waals surface area contributed by atoms with Crippen molar-refractivity contribution in [1.29, 1.82) is 0 Å². The van der Waals surface area contributed by atoms with Crippen LogP contribution < -0.4 is 11.3 Å². The third kappa shape index (κ3) is 2.43. The Morgan fingerprint density at radius 1 is 1.44 bits per heavy atom. The lowest BCUT2D eigenvalue weighted by molar-refractivity contribution is 1.01. The summed E-state index contributed by atoms with van der Waals surface area (Å²) in [5.41, 5.74) is 6.88. The lowest BCUT2D eigenvalue weighted by Gasteiger charge is -2.03. The van der Waals surface area contributed by atoms with Gasteiger partial charge in [0.15, 0.2) is 0 Å². The molecule has 84 valence electrons. The van der Waals surface area contributed by atoms with E-state index in [1.54, 1.807) is 24.0 Å². The predicted molar refractivity (Wildman–Crippen MR) is 66.7 cm³/mol. The minimum absolute atomic E-state index is 0.0334. The monoisotopic (exact) mass is 235 g/mol. The number of rotatable bonds is 4. The Bertz CT molecular complexity index is 538. The van der Waals surface area contributed by atoms with E-state index < -0.39 is 0 Å². The van der Waals surface area contributed by atoms with Gasteiger partial charge in [-0.2, -0.15) is 11.8 Å². The first kappa shape index (κ1) is 11.2. The van der Waals surface area contributed by atoms with Crippen molar-refractivity contribution in [2.24, 2.45) is 5.73 Å². The number of aromatic nitrogens is 2. The zero-order valence-corrected chi connectivity index (χ0v) is 9.61. The van der Waals surface area contributed by atoms with E-state index in [1.807, 2.05) is 18.2 Å². The molecule has 0 aromatic carbocycles. The highest BCUT2D eigenvalue weighted by molar-refractivity contribution is 7.98. The molecule has 16 heavy (non-hydrogen) atoms. The highest BCUT2D eigenvalue weighted by Crippen LogP contribution is 2.08. The third-order valence-corrected chi connectivity index (χ3v) is 3.16. The molecular weight excluding hydrogens is 222 g/mol. The van der Waals surface area contributed by atoms with E-state index in [9.17, 15) is 4.79 Å². The number of nitrogens with two attached hydrogens (primary N) is 1. The molecule has 5 heteroatoms. The van der Waals surface area contributed by atoms with Crippen LogP contribution in [-0.4, -0.2) is 21.7 Å². The van der Waals surface area contributed by atoms with Crippen molar-refractivity contribution in [3.63, 3.8) is 0 Å². The molecule has 2 heterocycles. The molecule has 0 unspecified atom stereocenters. The summed E-state index contributed by atoms with van der Waals surface area (Å²) in [7, 11) is 0. The molecule has 0 amide bonds. The highest BCUT2D eigenvalue weighted by Gasteiger charge is 2.01. The molecule has 0 spiro atoms. The second kappa shape index (κ2) is 5.14. The standard InChI is InChI=1S/C11H13N3OS/c12-4-6-16-8-9-7-11(15)14-5-2-1-3-10(14)13-9/h1-3,5,7H,4,6,8,12H2. The molecule has 2 rings (SSSR count).